The van der Waals surface area contributed by atoms with Crippen molar-refractivity contribution in [1.82, 2.24) is 5.43 Å². The number of aryl methyl sites for hydroxylation is 3. The molecule has 1 unspecified atom stereocenters. The van der Waals surface area contributed by atoms with Crippen LogP contribution < -0.4 is 16.0 Å². The molecule has 2 aromatic carbocycles. The number of ether oxygens (including phenoxy) is 1. The third-order valence-corrected chi connectivity index (χ3v) is 3.95. The molecule has 21 heavy (non-hydrogen) atoms. The summed E-state index contributed by atoms with van der Waals surface area (Å²) in [6, 6.07) is 12.6. The van der Waals surface area contributed by atoms with Gasteiger partial charge < -0.3 is 4.74 Å². The van der Waals surface area contributed by atoms with Gasteiger partial charge in [-0.3, -0.25) is 11.3 Å². The van der Waals surface area contributed by atoms with Gasteiger partial charge in [-0.25, -0.2) is 0 Å². The minimum absolute atomic E-state index is 0.0712. The fourth-order valence-corrected chi connectivity index (χ4v) is 2.91. The Morgan fingerprint density at radius 2 is 1.76 bits per heavy atom. The summed E-state index contributed by atoms with van der Waals surface area (Å²) in [5.74, 6) is 6.74. The molecule has 0 aliphatic rings. The van der Waals surface area contributed by atoms with Gasteiger partial charge in [0.1, 0.15) is 5.75 Å². The maximum Gasteiger partial charge on any atom is 0.122 e. The van der Waals surface area contributed by atoms with Crippen molar-refractivity contribution >= 4 is 0 Å². The van der Waals surface area contributed by atoms with E-state index >= 15 is 0 Å². The monoisotopic (exact) mass is 284 g/mol. The number of nitrogens with one attached hydrogen (secondary N) is 1. The fourth-order valence-electron chi connectivity index (χ4n) is 2.91. The highest BCUT2D eigenvalue weighted by Crippen LogP contribution is 2.29. The molecule has 3 heteroatoms. The van der Waals surface area contributed by atoms with Crippen LogP contribution in [0.3, 0.4) is 0 Å². The van der Waals surface area contributed by atoms with Crippen molar-refractivity contribution in [2.45, 2.75) is 33.2 Å². The van der Waals surface area contributed by atoms with Crippen molar-refractivity contribution in [2.75, 3.05) is 7.11 Å². The molecule has 0 saturated heterocycles. The average molecular weight is 284 g/mol. The van der Waals surface area contributed by atoms with Crippen LogP contribution in [-0.2, 0) is 6.42 Å². The summed E-state index contributed by atoms with van der Waals surface area (Å²) < 4.78 is 5.47. The third kappa shape index (κ3) is 3.43. The first-order chi connectivity index (χ1) is 10.1. The fraction of sp³-hybridized carbons (Fsp3) is 0.333. The van der Waals surface area contributed by atoms with E-state index in [1.165, 1.54) is 27.8 Å². The number of hydrogen-bond acceptors (Lipinski definition) is 3. The smallest absolute Gasteiger partial charge is 0.122 e. The van der Waals surface area contributed by atoms with Gasteiger partial charge in [-0.2, -0.15) is 0 Å². The van der Waals surface area contributed by atoms with E-state index < -0.39 is 0 Å². The van der Waals surface area contributed by atoms with E-state index in [4.69, 9.17) is 10.6 Å². The molecule has 2 rings (SSSR count). The Morgan fingerprint density at radius 1 is 1.10 bits per heavy atom. The van der Waals surface area contributed by atoms with E-state index in [1.54, 1.807) is 7.11 Å². The lowest BCUT2D eigenvalue weighted by atomic mass is 9.91. The summed E-state index contributed by atoms with van der Waals surface area (Å²) in [4.78, 5) is 0. The van der Waals surface area contributed by atoms with Crippen LogP contribution in [0.2, 0.25) is 0 Å². The molecule has 0 amide bonds. The van der Waals surface area contributed by atoms with Gasteiger partial charge >= 0.3 is 0 Å². The topological polar surface area (TPSA) is 47.3 Å². The second kappa shape index (κ2) is 6.74. The van der Waals surface area contributed by atoms with Crippen LogP contribution in [-0.4, -0.2) is 7.11 Å². The van der Waals surface area contributed by atoms with Crippen LogP contribution in [0.15, 0.2) is 36.4 Å². The first kappa shape index (κ1) is 15.5. The van der Waals surface area contributed by atoms with Gasteiger partial charge in [-0.05, 0) is 55.5 Å². The Morgan fingerprint density at radius 3 is 2.33 bits per heavy atom. The zero-order chi connectivity index (χ0) is 15.4. The minimum Gasteiger partial charge on any atom is -0.496 e. The van der Waals surface area contributed by atoms with Gasteiger partial charge in [0.05, 0.1) is 13.2 Å². The summed E-state index contributed by atoms with van der Waals surface area (Å²) in [6.45, 7) is 6.34. The predicted octanol–water partition coefficient (Wildman–Crippen LogP) is 3.37. The Kier molecular flexibility index (Phi) is 4.99. The average Bonchev–Trinajstić information content (AvgIpc) is 2.46. The first-order valence-electron chi connectivity index (χ1n) is 7.22. The molecule has 0 aliphatic carbocycles. The summed E-state index contributed by atoms with van der Waals surface area (Å²) >= 11 is 0. The Hall–Kier alpha value is -1.84. The van der Waals surface area contributed by atoms with Crippen LogP contribution in [0.25, 0.3) is 0 Å². The van der Waals surface area contributed by atoms with E-state index in [2.05, 4.69) is 56.5 Å². The van der Waals surface area contributed by atoms with E-state index in [0.717, 1.165) is 12.2 Å². The molecule has 0 bridgehead atoms. The SMILES string of the molecule is COc1ccc(C)cc1CC(NN)c1c(C)cccc1C. The Balaban J connectivity index is 2.38. The molecule has 0 aliphatic heterocycles. The van der Waals surface area contributed by atoms with Crippen LogP contribution in [0.4, 0.5) is 0 Å². The van der Waals surface area contributed by atoms with Gasteiger partial charge in [0.15, 0.2) is 0 Å². The van der Waals surface area contributed by atoms with Crippen molar-refractivity contribution in [2.24, 2.45) is 5.84 Å². The number of benzene rings is 2. The Labute approximate surface area is 127 Å². The molecule has 0 radical (unpaired) electrons. The normalized spacial score (nSPS) is 12.2. The molecule has 0 heterocycles. The van der Waals surface area contributed by atoms with Crippen molar-refractivity contribution < 1.29 is 4.74 Å². The second-order valence-corrected chi connectivity index (χ2v) is 5.54. The number of hydrazine groups is 1. The number of rotatable bonds is 5. The summed E-state index contributed by atoms with van der Waals surface area (Å²) in [5, 5.41) is 0. The van der Waals surface area contributed by atoms with Crippen molar-refractivity contribution in [3.63, 3.8) is 0 Å². The second-order valence-electron chi connectivity index (χ2n) is 5.54. The minimum atomic E-state index is 0.0712. The summed E-state index contributed by atoms with van der Waals surface area (Å²) in [6.07, 6.45) is 0.799. The summed E-state index contributed by atoms with van der Waals surface area (Å²) in [7, 11) is 1.71. The van der Waals surface area contributed by atoms with Crippen LogP contribution >= 0.6 is 0 Å². The van der Waals surface area contributed by atoms with Gasteiger partial charge in [-0.1, -0.05) is 35.9 Å². The molecule has 112 valence electrons. The molecule has 0 fully saturated rings. The van der Waals surface area contributed by atoms with Crippen LogP contribution in [0.1, 0.15) is 33.9 Å². The van der Waals surface area contributed by atoms with Crippen molar-refractivity contribution in [3.05, 3.63) is 64.2 Å². The first-order valence-corrected chi connectivity index (χ1v) is 7.22. The predicted molar refractivity (Wildman–Crippen MR) is 87.4 cm³/mol. The zero-order valence-electron chi connectivity index (χ0n) is 13.2. The Bertz CT molecular complexity index is 602. The van der Waals surface area contributed by atoms with E-state index in [1.807, 2.05) is 6.07 Å². The van der Waals surface area contributed by atoms with Gasteiger partial charge in [-0.15, -0.1) is 0 Å². The molecule has 3 N–H and O–H groups in total. The van der Waals surface area contributed by atoms with Crippen LogP contribution in [0, 0.1) is 20.8 Å². The molecule has 0 aromatic heterocycles. The highest BCUT2D eigenvalue weighted by molar-refractivity contribution is 5.41. The lowest BCUT2D eigenvalue weighted by Gasteiger charge is -2.22. The van der Waals surface area contributed by atoms with Gasteiger partial charge in [0.2, 0.25) is 0 Å². The lowest BCUT2D eigenvalue weighted by molar-refractivity contribution is 0.405. The van der Waals surface area contributed by atoms with Crippen molar-refractivity contribution in [1.29, 1.82) is 0 Å². The van der Waals surface area contributed by atoms with Crippen molar-refractivity contribution in [3.8, 4) is 5.75 Å². The molecule has 1 atom stereocenters. The quantitative estimate of drug-likeness (QED) is 0.653. The standard InChI is InChI=1S/C18H24N2O/c1-12-8-9-17(21-4)15(10-12)11-16(20-19)18-13(2)6-5-7-14(18)3/h5-10,16,20H,11,19H2,1-4H3. The summed E-state index contributed by atoms with van der Waals surface area (Å²) in [5.41, 5.74) is 9.13. The molecule has 3 nitrogen and oxygen atoms in total. The largest absolute Gasteiger partial charge is 0.496 e. The maximum absolute atomic E-state index is 5.83. The van der Waals surface area contributed by atoms with E-state index in [-0.39, 0.29) is 6.04 Å². The molecule has 2 aromatic rings. The van der Waals surface area contributed by atoms with Gasteiger partial charge in [0.25, 0.3) is 0 Å². The maximum atomic E-state index is 5.83. The zero-order valence-corrected chi connectivity index (χ0v) is 13.2. The number of nitrogens with two attached hydrogens (primary N) is 1. The van der Waals surface area contributed by atoms with Gasteiger partial charge in [0, 0.05) is 0 Å². The number of hydrogen-bond donors (Lipinski definition) is 2. The highest BCUT2D eigenvalue weighted by Gasteiger charge is 2.17. The van der Waals surface area contributed by atoms with E-state index in [9.17, 15) is 0 Å². The van der Waals surface area contributed by atoms with Crippen LogP contribution in [0.5, 0.6) is 5.75 Å². The third-order valence-electron chi connectivity index (χ3n) is 3.95. The highest BCUT2D eigenvalue weighted by atomic mass is 16.5. The van der Waals surface area contributed by atoms with E-state index in [0.29, 0.717) is 0 Å². The number of methoxy groups -OCH3 is 1. The molecular weight excluding hydrogens is 260 g/mol. The lowest BCUT2D eigenvalue weighted by Crippen LogP contribution is -2.30. The molecule has 0 saturated carbocycles. The molecule has 0 spiro atoms. The molecular formula is C18H24N2O.